The molecule has 0 N–H and O–H groups in total. The van der Waals surface area contributed by atoms with Gasteiger partial charge in [-0.25, -0.2) is 0 Å². The third-order valence-electron chi connectivity index (χ3n) is 0.726. The summed E-state index contributed by atoms with van der Waals surface area (Å²) in [4.78, 5) is 0. The summed E-state index contributed by atoms with van der Waals surface area (Å²) in [5.74, 6) is 0.707. The van der Waals surface area contributed by atoms with Crippen molar-refractivity contribution in [1.82, 2.24) is 0 Å². The lowest BCUT2D eigenvalue weighted by Gasteiger charge is -2.00. The van der Waals surface area contributed by atoms with E-state index in [1.165, 1.54) is 0 Å². The molecule has 0 aliphatic heterocycles. The topological polar surface area (TPSA) is 42.2 Å². The molecule has 0 bridgehead atoms. The zero-order valence-electron chi connectivity index (χ0n) is 6.00. The fraction of sp³-hybridized carbons (Fsp3) is 0.800. The predicted octanol–water partition coefficient (Wildman–Crippen LogP) is -0.138. The van der Waals surface area contributed by atoms with E-state index in [4.69, 9.17) is 14.7 Å². The predicted molar refractivity (Wildman–Crippen MR) is 44.5 cm³/mol. The highest BCUT2D eigenvalue weighted by molar-refractivity contribution is 8.19. The van der Waals surface area contributed by atoms with Gasteiger partial charge < -0.3 is 9.47 Å². The van der Waals surface area contributed by atoms with Crippen LogP contribution in [0, 0.1) is 11.3 Å². The van der Waals surface area contributed by atoms with Gasteiger partial charge in [-0.2, -0.15) is 16.5 Å². The summed E-state index contributed by atoms with van der Waals surface area (Å²) >= 11 is 1.74. The molecule has 58 valence electrons. The standard InChI is InChI=1S/C5H11NO2SSi/c6-2-1-3-7-4-8-5-9-10/h1,3-5H2,10H3. The van der Waals surface area contributed by atoms with Gasteiger partial charge in [0.2, 0.25) is 0 Å². The van der Waals surface area contributed by atoms with Gasteiger partial charge in [0.1, 0.15) is 6.79 Å². The second-order valence-corrected chi connectivity index (χ2v) is 4.09. The first-order valence-electron chi connectivity index (χ1n) is 2.93. The van der Waals surface area contributed by atoms with E-state index in [0.29, 0.717) is 25.8 Å². The van der Waals surface area contributed by atoms with Crippen molar-refractivity contribution in [3.05, 3.63) is 0 Å². The molecule has 0 rings (SSSR count). The molecule has 0 heterocycles. The third kappa shape index (κ3) is 7.98. The third-order valence-corrected chi connectivity index (χ3v) is 1.84. The van der Waals surface area contributed by atoms with Crippen molar-refractivity contribution >= 4 is 20.6 Å². The number of hydrogen-bond acceptors (Lipinski definition) is 4. The van der Waals surface area contributed by atoms with Crippen molar-refractivity contribution in [2.75, 3.05) is 19.3 Å². The van der Waals surface area contributed by atoms with Crippen LogP contribution in [0.2, 0.25) is 0 Å². The number of ether oxygens (including phenoxy) is 2. The first-order chi connectivity index (χ1) is 4.91. The van der Waals surface area contributed by atoms with Crippen LogP contribution in [0.5, 0.6) is 0 Å². The summed E-state index contributed by atoms with van der Waals surface area (Å²) in [6.07, 6.45) is 0.442. The van der Waals surface area contributed by atoms with E-state index >= 15 is 0 Å². The fourth-order valence-electron chi connectivity index (χ4n) is 0.353. The molecule has 0 aromatic carbocycles. The summed E-state index contributed by atoms with van der Waals surface area (Å²) in [5.41, 5.74) is 0. The normalized spacial score (nSPS) is 9.50. The molecule has 10 heavy (non-hydrogen) atoms. The number of nitriles is 1. The minimum absolute atomic E-state index is 0.316. The molecule has 0 aliphatic carbocycles. The van der Waals surface area contributed by atoms with Crippen LogP contribution in [0.15, 0.2) is 0 Å². The van der Waals surface area contributed by atoms with Gasteiger partial charge in [-0.1, -0.05) is 0 Å². The van der Waals surface area contributed by atoms with Crippen LogP contribution in [0.1, 0.15) is 6.42 Å². The Morgan fingerprint density at radius 2 is 2.30 bits per heavy atom. The Bertz CT molecular complexity index is 106. The minimum Gasteiger partial charge on any atom is -0.354 e. The van der Waals surface area contributed by atoms with E-state index in [2.05, 4.69) is 0 Å². The molecular formula is C5H11NO2SSi. The smallest absolute Gasteiger partial charge is 0.147 e. The quantitative estimate of drug-likeness (QED) is 0.322. The molecule has 0 spiro atoms. The van der Waals surface area contributed by atoms with Crippen molar-refractivity contribution in [3.8, 4) is 6.07 Å². The van der Waals surface area contributed by atoms with Crippen LogP contribution in [0.3, 0.4) is 0 Å². The molecule has 0 amide bonds. The van der Waals surface area contributed by atoms with Gasteiger partial charge in [0.15, 0.2) is 0 Å². The van der Waals surface area contributed by atoms with E-state index in [0.717, 1.165) is 9.39 Å². The van der Waals surface area contributed by atoms with Crippen LogP contribution >= 0.6 is 11.2 Å². The lowest BCUT2D eigenvalue weighted by atomic mass is 10.5. The van der Waals surface area contributed by atoms with E-state index in [1.807, 2.05) is 6.07 Å². The van der Waals surface area contributed by atoms with Gasteiger partial charge in [0, 0.05) is 0 Å². The Morgan fingerprint density at radius 3 is 2.90 bits per heavy atom. The molecule has 0 aromatic rings. The lowest BCUT2D eigenvalue weighted by molar-refractivity contribution is -0.0339. The summed E-state index contributed by atoms with van der Waals surface area (Å²) in [6.45, 7) is 0.791. The van der Waals surface area contributed by atoms with Crippen LogP contribution in [0.25, 0.3) is 0 Å². The second-order valence-electron chi connectivity index (χ2n) is 1.54. The average molecular weight is 177 g/mol. The Labute approximate surface area is 67.8 Å². The molecule has 0 fully saturated rings. The Kier molecular flexibility index (Phi) is 8.96. The van der Waals surface area contributed by atoms with Gasteiger partial charge in [0.25, 0.3) is 0 Å². The number of hydrogen-bond donors (Lipinski definition) is 0. The fourth-order valence-corrected chi connectivity index (χ4v) is 1.09. The highest BCUT2D eigenvalue weighted by Gasteiger charge is 1.85. The first-order valence-corrected chi connectivity index (χ1v) is 6.77. The van der Waals surface area contributed by atoms with Crippen molar-refractivity contribution in [1.29, 1.82) is 5.26 Å². The molecule has 0 aliphatic rings. The summed E-state index contributed by atoms with van der Waals surface area (Å²) < 4.78 is 9.93. The Morgan fingerprint density at radius 1 is 1.50 bits per heavy atom. The maximum atomic E-state index is 8.10. The molecular weight excluding hydrogens is 166 g/mol. The zero-order chi connectivity index (χ0) is 7.66. The summed E-state index contributed by atoms with van der Waals surface area (Å²) in [5, 5.41) is 8.10. The second kappa shape index (κ2) is 8.98. The minimum atomic E-state index is 0.316. The van der Waals surface area contributed by atoms with Crippen LogP contribution in [-0.4, -0.2) is 28.7 Å². The van der Waals surface area contributed by atoms with E-state index in [9.17, 15) is 0 Å². The SMILES string of the molecule is N#CCCOCOCS[SiH3]. The molecule has 5 heteroatoms. The first kappa shape index (κ1) is 9.98. The molecule has 0 atom stereocenters. The highest BCUT2D eigenvalue weighted by Crippen LogP contribution is 1.90. The van der Waals surface area contributed by atoms with Gasteiger partial charge >= 0.3 is 0 Å². The molecule has 3 nitrogen and oxygen atoms in total. The molecule has 0 aromatic heterocycles. The van der Waals surface area contributed by atoms with Gasteiger partial charge in [-0.3, -0.25) is 0 Å². The Balaban J connectivity index is 2.72. The maximum absolute atomic E-state index is 8.10. The van der Waals surface area contributed by atoms with Crippen molar-refractivity contribution in [3.63, 3.8) is 0 Å². The lowest BCUT2D eigenvalue weighted by Crippen LogP contribution is -2.00. The molecule has 0 unspecified atom stereocenters. The molecule has 0 saturated carbocycles. The average Bonchev–Trinajstić information content (AvgIpc) is 1.97. The summed E-state index contributed by atoms with van der Waals surface area (Å²) in [6, 6.07) is 1.98. The van der Waals surface area contributed by atoms with Gasteiger partial charge in [0.05, 0.1) is 34.4 Å². The zero-order valence-corrected chi connectivity index (χ0v) is 8.82. The Hall–Kier alpha value is -0.0231. The van der Waals surface area contributed by atoms with Gasteiger partial charge in [-0.05, 0) is 0 Å². The molecule has 0 saturated heterocycles. The van der Waals surface area contributed by atoms with Crippen molar-refractivity contribution < 1.29 is 9.47 Å². The van der Waals surface area contributed by atoms with Crippen LogP contribution in [-0.2, 0) is 9.47 Å². The van der Waals surface area contributed by atoms with Crippen molar-refractivity contribution in [2.24, 2.45) is 0 Å². The molecule has 0 radical (unpaired) electrons. The van der Waals surface area contributed by atoms with Crippen LogP contribution in [0.4, 0.5) is 0 Å². The van der Waals surface area contributed by atoms with E-state index in [-0.39, 0.29) is 0 Å². The van der Waals surface area contributed by atoms with E-state index < -0.39 is 0 Å². The number of nitrogens with zero attached hydrogens (tertiary/aromatic N) is 1. The van der Waals surface area contributed by atoms with E-state index in [1.54, 1.807) is 11.2 Å². The van der Waals surface area contributed by atoms with Crippen molar-refractivity contribution in [2.45, 2.75) is 6.42 Å². The van der Waals surface area contributed by atoms with Crippen LogP contribution < -0.4 is 0 Å². The van der Waals surface area contributed by atoms with Gasteiger partial charge in [-0.15, -0.1) is 0 Å². The monoisotopic (exact) mass is 177 g/mol. The highest BCUT2D eigenvalue weighted by atomic mass is 32.4. The maximum Gasteiger partial charge on any atom is 0.147 e. The summed E-state index contributed by atoms with van der Waals surface area (Å²) in [7, 11) is 1.09. The number of rotatable bonds is 6. The largest absolute Gasteiger partial charge is 0.354 e.